The maximum absolute atomic E-state index is 4.80. The van der Waals surface area contributed by atoms with E-state index >= 15 is 0 Å². The van der Waals surface area contributed by atoms with Crippen molar-refractivity contribution in [2.75, 3.05) is 7.05 Å². The summed E-state index contributed by atoms with van der Waals surface area (Å²) >= 11 is 0. The molecule has 0 aromatic carbocycles. The van der Waals surface area contributed by atoms with Crippen molar-refractivity contribution in [3.8, 4) is 0 Å². The van der Waals surface area contributed by atoms with Gasteiger partial charge in [0.25, 0.3) is 0 Å². The lowest BCUT2D eigenvalue weighted by Gasteiger charge is -2.29. The molecule has 2 N–H and O–H groups in total. The normalized spacial score (nSPS) is 24.2. The number of aromatic nitrogens is 1. The number of aliphatic imine (C=N–C) groups is 1. The van der Waals surface area contributed by atoms with Crippen molar-refractivity contribution in [2.24, 2.45) is 10.9 Å². The number of hydrogen-bond acceptors (Lipinski definition) is 3. The molecule has 5 heteroatoms. The number of hydrogen-bond donors (Lipinski definition) is 2. The van der Waals surface area contributed by atoms with Crippen LogP contribution in [0.1, 0.15) is 44.7 Å². The van der Waals surface area contributed by atoms with Gasteiger partial charge in [-0.3, -0.25) is 4.99 Å². The zero-order valence-corrected chi connectivity index (χ0v) is 11.9. The molecule has 0 unspecified atom stereocenters. The quantitative estimate of drug-likeness (QED) is 0.647. The van der Waals surface area contributed by atoms with E-state index in [0.717, 1.165) is 17.6 Å². The summed E-state index contributed by atoms with van der Waals surface area (Å²) in [6.45, 7) is 2.93. The van der Waals surface area contributed by atoms with Gasteiger partial charge in [0.2, 0.25) is 0 Å². The van der Waals surface area contributed by atoms with Gasteiger partial charge in [0.15, 0.2) is 5.96 Å². The standard InChI is InChI=1S/C14H24N4O/c1-3-11-4-6-12(7-5-11)17-14(15-2)16-10-13-8-9-19-18-13/h8-9,11-12H,3-7,10H2,1-2H3,(H2,15,16,17). The second kappa shape index (κ2) is 7.16. The van der Waals surface area contributed by atoms with E-state index in [4.69, 9.17) is 4.52 Å². The zero-order valence-electron chi connectivity index (χ0n) is 11.9. The number of rotatable bonds is 4. The summed E-state index contributed by atoms with van der Waals surface area (Å²) in [7, 11) is 1.80. The van der Waals surface area contributed by atoms with Crippen molar-refractivity contribution in [1.29, 1.82) is 0 Å². The SMILES string of the molecule is CCC1CCC(NC(=NC)NCc2ccon2)CC1. The van der Waals surface area contributed by atoms with Crippen LogP contribution in [0.2, 0.25) is 0 Å². The first-order chi connectivity index (χ1) is 9.31. The fraction of sp³-hybridized carbons (Fsp3) is 0.714. The summed E-state index contributed by atoms with van der Waals surface area (Å²) in [6.07, 6.45) is 8.03. The molecule has 19 heavy (non-hydrogen) atoms. The minimum absolute atomic E-state index is 0.548. The number of nitrogens with one attached hydrogen (secondary N) is 2. The highest BCUT2D eigenvalue weighted by Gasteiger charge is 2.20. The van der Waals surface area contributed by atoms with Crippen LogP contribution in [0, 0.1) is 5.92 Å². The van der Waals surface area contributed by atoms with Gasteiger partial charge < -0.3 is 15.2 Å². The molecule has 0 saturated heterocycles. The fourth-order valence-corrected chi connectivity index (χ4v) is 2.61. The molecule has 0 bridgehead atoms. The van der Waals surface area contributed by atoms with Gasteiger partial charge in [0, 0.05) is 19.2 Å². The monoisotopic (exact) mass is 264 g/mol. The van der Waals surface area contributed by atoms with E-state index in [9.17, 15) is 0 Å². The summed E-state index contributed by atoms with van der Waals surface area (Å²) < 4.78 is 4.80. The molecular formula is C14H24N4O. The predicted octanol–water partition coefficient (Wildman–Crippen LogP) is 2.31. The van der Waals surface area contributed by atoms with Crippen LogP contribution in [-0.2, 0) is 6.54 Å². The van der Waals surface area contributed by atoms with Crippen molar-refractivity contribution in [3.05, 3.63) is 18.0 Å². The van der Waals surface area contributed by atoms with E-state index in [0.29, 0.717) is 12.6 Å². The summed E-state index contributed by atoms with van der Waals surface area (Å²) in [4.78, 5) is 4.26. The maximum atomic E-state index is 4.80. The van der Waals surface area contributed by atoms with E-state index in [-0.39, 0.29) is 0 Å². The van der Waals surface area contributed by atoms with E-state index in [1.54, 1.807) is 13.3 Å². The molecule has 0 spiro atoms. The lowest BCUT2D eigenvalue weighted by Crippen LogP contribution is -2.44. The second-order valence-corrected chi connectivity index (χ2v) is 5.19. The predicted molar refractivity (Wildman–Crippen MR) is 75.9 cm³/mol. The van der Waals surface area contributed by atoms with Crippen LogP contribution in [0.3, 0.4) is 0 Å². The molecule has 0 aliphatic heterocycles. The highest BCUT2D eigenvalue weighted by Crippen LogP contribution is 2.26. The molecule has 1 saturated carbocycles. The van der Waals surface area contributed by atoms with Crippen LogP contribution in [0.25, 0.3) is 0 Å². The van der Waals surface area contributed by atoms with E-state index in [1.165, 1.54) is 32.1 Å². The van der Waals surface area contributed by atoms with Crippen LogP contribution >= 0.6 is 0 Å². The molecule has 2 rings (SSSR count). The van der Waals surface area contributed by atoms with Gasteiger partial charge in [0.1, 0.15) is 12.0 Å². The average molecular weight is 264 g/mol. The Kier molecular flexibility index (Phi) is 5.24. The van der Waals surface area contributed by atoms with E-state index < -0.39 is 0 Å². The van der Waals surface area contributed by atoms with Crippen molar-refractivity contribution in [2.45, 2.75) is 51.6 Å². The Hall–Kier alpha value is -1.52. The average Bonchev–Trinajstić information content (AvgIpc) is 2.97. The second-order valence-electron chi connectivity index (χ2n) is 5.19. The largest absolute Gasteiger partial charge is 0.364 e. The van der Waals surface area contributed by atoms with E-state index in [1.807, 2.05) is 6.07 Å². The Balaban J connectivity index is 1.74. The van der Waals surface area contributed by atoms with Crippen LogP contribution in [0.15, 0.2) is 21.8 Å². The smallest absolute Gasteiger partial charge is 0.191 e. The Labute approximate surface area is 114 Å². The summed E-state index contributed by atoms with van der Waals surface area (Å²) in [5.41, 5.74) is 0.887. The van der Waals surface area contributed by atoms with Gasteiger partial charge in [-0.1, -0.05) is 18.5 Å². The fourth-order valence-electron chi connectivity index (χ4n) is 2.61. The van der Waals surface area contributed by atoms with Crippen molar-refractivity contribution >= 4 is 5.96 Å². The molecule has 106 valence electrons. The Morgan fingerprint density at radius 2 is 2.21 bits per heavy atom. The summed E-state index contributed by atoms with van der Waals surface area (Å²) in [6, 6.07) is 2.40. The van der Waals surface area contributed by atoms with Gasteiger partial charge in [-0.2, -0.15) is 0 Å². The third-order valence-electron chi connectivity index (χ3n) is 3.92. The molecule has 1 heterocycles. The van der Waals surface area contributed by atoms with Gasteiger partial charge in [-0.05, 0) is 31.6 Å². The first-order valence-electron chi connectivity index (χ1n) is 7.18. The summed E-state index contributed by atoms with van der Waals surface area (Å²) in [5, 5.41) is 10.6. The third kappa shape index (κ3) is 4.26. The molecule has 1 fully saturated rings. The summed E-state index contributed by atoms with van der Waals surface area (Å²) in [5.74, 6) is 1.77. The van der Waals surface area contributed by atoms with Crippen LogP contribution in [0.5, 0.6) is 0 Å². The van der Waals surface area contributed by atoms with Crippen LogP contribution < -0.4 is 10.6 Å². The minimum atomic E-state index is 0.548. The highest BCUT2D eigenvalue weighted by molar-refractivity contribution is 5.79. The maximum Gasteiger partial charge on any atom is 0.191 e. The van der Waals surface area contributed by atoms with Crippen molar-refractivity contribution < 1.29 is 4.52 Å². The van der Waals surface area contributed by atoms with Crippen molar-refractivity contribution in [1.82, 2.24) is 15.8 Å². The molecule has 1 aliphatic rings. The first-order valence-corrected chi connectivity index (χ1v) is 7.18. The molecule has 1 aromatic heterocycles. The minimum Gasteiger partial charge on any atom is -0.364 e. The molecule has 1 aliphatic carbocycles. The lowest BCUT2D eigenvalue weighted by atomic mass is 9.84. The van der Waals surface area contributed by atoms with Gasteiger partial charge in [0.05, 0.1) is 6.54 Å². The van der Waals surface area contributed by atoms with Crippen LogP contribution in [0.4, 0.5) is 0 Å². The Bertz CT molecular complexity index is 380. The molecule has 1 aromatic rings. The Morgan fingerprint density at radius 3 is 2.79 bits per heavy atom. The van der Waals surface area contributed by atoms with Gasteiger partial charge in [-0.15, -0.1) is 0 Å². The Morgan fingerprint density at radius 1 is 1.42 bits per heavy atom. The number of guanidine groups is 1. The van der Waals surface area contributed by atoms with E-state index in [2.05, 4.69) is 27.7 Å². The topological polar surface area (TPSA) is 62.5 Å². The third-order valence-corrected chi connectivity index (χ3v) is 3.92. The number of nitrogens with zero attached hydrogens (tertiary/aromatic N) is 2. The molecule has 0 radical (unpaired) electrons. The molecule has 5 nitrogen and oxygen atoms in total. The molecular weight excluding hydrogens is 240 g/mol. The van der Waals surface area contributed by atoms with Gasteiger partial charge in [-0.25, -0.2) is 0 Å². The highest BCUT2D eigenvalue weighted by atomic mass is 16.5. The first kappa shape index (κ1) is 13.9. The molecule has 0 atom stereocenters. The zero-order chi connectivity index (χ0) is 13.5. The van der Waals surface area contributed by atoms with Crippen LogP contribution in [-0.4, -0.2) is 24.2 Å². The molecule has 0 amide bonds. The lowest BCUT2D eigenvalue weighted by molar-refractivity contribution is 0.304. The van der Waals surface area contributed by atoms with Gasteiger partial charge >= 0.3 is 0 Å². The van der Waals surface area contributed by atoms with Crippen molar-refractivity contribution in [3.63, 3.8) is 0 Å².